The van der Waals surface area contributed by atoms with Gasteiger partial charge in [-0.3, -0.25) is 4.79 Å². The van der Waals surface area contributed by atoms with Crippen LogP contribution in [0, 0.1) is 0 Å². The molecule has 2 heterocycles. The topological polar surface area (TPSA) is 62.5 Å². The summed E-state index contributed by atoms with van der Waals surface area (Å²) >= 11 is 5.92. The molecule has 1 aliphatic rings. The molecule has 1 N–H and O–H groups in total. The number of rotatable bonds is 2. The number of anilines is 1. The van der Waals surface area contributed by atoms with Crippen LogP contribution >= 0.6 is 11.6 Å². The molecule has 0 unspecified atom stereocenters. The SMILES string of the molecule is Cn1cc(Cl)cc1C(=O)N1CCc2cc(C(=O)O)ccc21. The molecule has 0 saturated carbocycles. The van der Waals surface area contributed by atoms with Crippen molar-refractivity contribution in [3.63, 3.8) is 0 Å². The van der Waals surface area contributed by atoms with Crippen LogP contribution in [0.25, 0.3) is 0 Å². The third-order valence-corrected chi connectivity index (χ3v) is 3.86. The van der Waals surface area contributed by atoms with Gasteiger partial charge in [0.15, 0.2) is 0 Å². The van der Waals surface area contributed by atoms with Gasteiger partial charge in [0.25, 0.3) is 5.91 Å². The van der Waals surface area contributed by atoms with E-state index < -0.39 is 5.97 Å². The number of aryl methyl sites for hydroxylation is 1. The van der Waals surface area contributed by atoms with Gasteiger partial charge in [0, 0.05) is 25.5 Å². The van der Waals surface area contributed by atoms with Crippen molar-refractivity contribution in [1.29, 1.82) is 0 Å². The fourth-order valence-electron chi connectivity index (χ4n) is 2.62. The number of carbonyl (C=O) groups excluding carboxylic acids is 1. The molecule has 0 atom stereocenters. The average Bonchev–Trinajstić information content (AvgIpc) is 3.00. The minimum absolute atomic E-state index is 0.133. The fourth-order valence-corrected chi connectivity index (χ4v) is 2.87. The highest BCUT2D eigenvalue weighted by molar-refractivity contribution is 6.31. The highest BCUT2D eigenvalue weighted by Gasteiger charge is 2.27. The molecule has 3 rings (SSSR count). The molecule has 6 heteroatoms. The number of benzene rings is 1. The monoisotopic (exact) mass is 304 g/mol. The van der Waals surface area contributed by atoms with Crippen LogP contribution in [0.4, 0.5) is 5.69 Å². The molecule has 5 nitrogen and oxygen atoms in total. The average molecular weight is 305 g/mol. The molecular weight excluding hydrogens is 292 g/mol. The van der Waals surface area contributed by atoms with Gasteiger partial charge >= 0.3 is 5.97 Å². The summed E-state index contributed by atoms with van der Waals surface area (Å²) < 4.78 is 1.69. The molecular formula is C15H13ClN2O3. The highest BCUT2D eigenvalue weighted by Crippen LogP contribution is 2.30. The van der Waals surface area contributed by atoms with Crippen molar-refractivity contribution in [3.8, 4) is 0 Å². The summed E-state index contributed by atoms with van der Waals surface area (Å²) in [6.45, 7) is 0.542. The van der Waals surface area contributed by atoms with Crippen LogP contribution < -0.4 is 4.90 Å². The minimum atomic E-state index is -0.961. The molecule has 1 aromatic carbocycles. The Morgan fingerprint density at radius 3 is 2.67 bits per heavy atom. The Kier molecular flexibility index (Phi) is 3.22. The molecule has 2 aromatic rings. The number of halogens is 1. The smallest absolute Gasteiger partial charge is 0.335 e. The van der Waals surface area contributed by atoms with Crippen LogP contribution in [0.5, 0.6) is 0 Å². The van der Waals surface area contributed by atoms with Crippen molar-refractivity contribution >= 4 is 29.2 Å². The second kappa shape index (κ2) is 4.93. The van der Waals surface area contributed by atoms with Crippen LogP contribution in [-0.4, -0.2) is 28.1 Å². The predicted octanol–water partition coefficient (Wildman–Crippen LogP) is 2.58. The Bertz CT molecular complexity index is 751. The molecule has 0 saturated heterocycles. The maximum atomic E-state index is 12.6. The van der Waals surface area contributed by atoms with Crippen LogP contribution in [0.1, 0.15) is 26.4 Å². The number of hydrogen-bond donors (Lipinski definition) is 1. The largest absolute Gasteiger partial charge is 0.478 e. The zero-order chi connectivity index (χ0) is 15.1. The van der Waals surface area contributed by atoms with Gasteiger partial charge in [-0.15, -0.1) is 0 Å². The van der Waals surface area contributed by atoms with E-state index in [2.05, 4.69) is 0 Å². The van der Waals surface area contributed by atoms with Crippen LogP contribution in [0.3, 0.4) is 0 Å². The Morgan fingerprint density at radius 1 is 1.29 bits per heavy atom. The summed E-state index contributed by atoms with van der Waals surface area (Å²) in [5.74, 6) is -1.09. The fraction of sp³-hybridized carbons (Fsp3) is 0.200. The lowest BCUT2D eigenvalue weighted by Gasteiger charge is -2.17. The zero-order valence-electron chi connectivity index (χ0n) is 11.3. The van der Waals surface area contributed by atoms with Gasteiger partial charge in [0.1, 0.15) is 5.69 Å². The number of nitrogens with zero attached hydrogens (tertiary/aromatic N) is 2. The van der Waals surface area contributed by atoms with Crippen molar-refractivity contribution in [3.05, 3.63) is 52.3 Å². The number of carbonyl (C=O) groups is 2. The first-order valence-electron chi connectivity index (χ1n) is 6.47. The van der Waals surface area contributed by atoms with Gasteiger partial charge in [-0.25, -0.2) is 4.79 Å². The molecule has 0 aliphatic carbocycles. The zero-order valence-corrected chi connectivity index (χ0v) is 12.1. The van der Waals surface area contributed by atoms with E-state index in [9.17, 15) is 9.59 Å². The second-order valence-corrected chi connectivity index (χ2v) is 5.45. The Hall–Kier alpha value is -2.27. The van der Waals surface area contributed by atoms with E-state index >= 15 is 0 Å². The lowest BCUT2D eigenvalue weighted by molar-refractivity contribution is 0.0696. The number of amides is 1. The summed E-state index contributed by atoms with van der Waals surface area (Å²) in [5, 5.41) is 9.53. The quantitative estimate of drug-likeness (QED) is 0.927. The number of aromatic carboxylic acids is 1. The highest BCUT2D eigenvalue weighted by atomic mass is 35.5. The molecule has 1 aromatic heterocycles. The lowest BCUT2D eigenvalue weighted by Crippen LogP contribution is -2.30. The van der Waals surface area contributed by atoms with Crippen LogP contribution in [0.2, 0.25) is 5.02 Å². The van der Waals surface area contributed by atoms with Crippen molar-refractivity contribution in [2.24, 2.45) is 7.05 Å². The van der Waals surface area contributed by atoms with Gasteiger partial charge < -0.3 is 14.6 Å². The second-order valence-electron chi connectivity index (χ2n) is 5.01. The first kappa shape index (κ1) is 13.7. The normalized spacial score (nSPS) is 13.3. The number of carboxylic acid groups (broad SMARTS) is 1. The first-order chi connectivity index (χ1) is 9.97. The van der Waals surface area contributed by atoms with E-state index in [1.54, 1.807) is 40.9 Å². The van der Waals surface area contributed by atoms with E-state index in [1.807, 2.05) is 0 Å². The molecule has 1 aliphatic heterocycles. The number of carboxylic acids is 1. The first-order valence-corrected chi connectivity index (χ1v) is 6.85. The molecule has 0 radical (unpaired) electrons. The summed E-state index contributed by atoms with van der Waals surface area (Å²) in [7, 11) is 1.77. The van der Waals surface area contributed by atoms with Gasteiger partial charge in [0.05, 0.1) is 10.6 Å². The maximum Gasteiger partial charge on any atom is 0.335 e. The molecule has 0 fully saturated rings. The Balaban J connectivity index is 1.96. The van der Waals surface area contributed by atoms with Crippen LogP contribution in [0.15, 0.2) is 30.5 Å². The van der Waals surface area contributed by atoms with Crippen LogP contribution in [-0.2, 0) is 13.5 Å². The van der Waals surface area contributed by atoms with Gasteiger partial charge in [-0.2, -0.15) is 0 Å². The summed E-state index contributed by atoms with van der Waals surface area (Å²) in [5.41, 5.74) is 2.39. The summed E-state index contributed by atoms with van der Waals surface area (Å²) in [4.78, 5) is 25.2. The molecule has 21 heavy (non-hydrogen) atoms. The van der Waals surface area contributed by atoms with E-state index in [4.69, 9.17) is 16.7 Å². The van der Waals surface area contributed by atoms with Crippen molar-refractivity contribution in [2.75, 3.05) is 11.4 Å². The standard InChI is InChI=1S/C15H13ClN2O3/c1-17-8-11(16)7-13(17)14(19)18-5-4-9-6-10(15(20)21)2-3-12(9)18/h2-3,6-8H,4-5H2,1H3,(H,20,21). The molecule has 0 spiro atoms. The third-order valence-electron chi connectivity index (χ3n) is 3.66. The summed E-state index contributed by atoms with van der Waals surface area (Å²) in [6.07, 6.45) is 2.33. The minimum Gasteiger partial charge on any atom is -0.478 e. The van der Waals surface area contributed by atoms with Gasteiger partial charge in [-0.1, -0.05) is 11.6 Å². The maximum absolute atomic E-state index is 12.6. The molecule has 108 valence electrons. The van der Waals surface area contributed by atoms with E-state index in [0.717, 1.165) is 11.3 Å². The van der Waals surface area contributed by atoms with Gasteiger partial charge in [-0.05, 0) is 36.2 Å². The molecule has 0 bridgehead atoms. The summed E-state index contributed by atoms with van der Waals surface area (Å²) in [6, 6.07) is 6.47. The number of aromatic nitrogens is 1. The predicted molar refractivity (Wildman–Crippen MR) is 79.2 cm³/mol. The van der Waals surface area contributed by atoms with Crippen molar-refractivity contribution in [2.45, 2.75) is 6.42 Å². The van der Waals surface area contributed by atoms with E-state index in [-0.39, 0.29) is 11.5 Å². The Morgan fingerprint density at radius 2 is 2.05 bits per heavy atom. The number of fused-ring (bicyclic) bond motifs is 1. The van der Waals surface area contributed by atoms with Crippen molar-refractivity contribution < 1.29 is 14.7 Å². The van der Waals surface area contributed by atoms with Crippen molar-refractivity contribution in [1.82, 2.24) is 4.57 Å². The van der Waals surface area contributed by atoms with E-state index in [0.29, 0.717) is 23.7 Å². The van der Waals surface area contributed by atoms with E-state index in [1.165, 1.54) is 6.07 Å². The van der Waals surface area contributed by atoms with Gasteiger partial charge in [0.2, 0.25) is 0 Å². The number of hydrogen-bond acceptors (Lipinski definition) is 2. The molecule has 1 amide bonds. The Labute approximate surface area is 126 Å². The third kappa shape index (κ3) is 2.29. The lowest BCUT2D eigenvalue weighted by atomic mass is 10.1.